The van der Waals surface area contributed by atoms with E-state index in [-0.39, 0.29) is 35.7 Å². The molecule has 3 aromatic rings. The Morgan fingerprint density at radius 3 is 2.65 bits per heavy atom. The molecule has 9 nitrogen and oxygen atoms in total. The molecule has 2 aromatic heterocycles. The van der Waals surface area contributed by atoms with Crippen LogP contribution in [0.1, 0.15) is 53.2 Å². The maximum atomic E-state index is 13.8. The summed E-state index contributed by atoms with van der Waals surface area (Å²) in [6.45, 7) is 3.71. The van der Waals surface area contributed by atoms with Crippen LogP contribution in [-0.4, -0.2) is 49.0 Å². The molecule has 5 atom stereocenters. The first-order valence-electron chi connectivity index (χ1n) is 12.4. The second-order valence-corrected chi connectivity index (χ2v) is 9.47. The van der Waals surface area contributed by atoms with Crippen molar-refractivity contribution in [2.75, 3.05) is 6.61 Å². The van der Waals surface area contributed by atoms with E-state index in [4.69, 9.17) is 0 Å². The van der Waals surface area contributed by atoms with Gasteiger partial charge in [0.1, 0.15) is 11.7 Å². The van der Waals surface area contributed by atoms with Crippen LogP contribution in [0.4, 0.5) is 0 Å². The van der Waals surface area contributed by atoms with Crippen LogP contribution in [0.25, 0.3) is 6.08 Å². The zero-order chi connectivity index (χ0) is 26.1. The zero-order valence-corrected chi connectivity index (χ0v) is 20.7. The number of pyridine rings is 1. The SMILES string of the molecule is C/C=C\c1ccc2n(c1=O)C[C@H]1[C@H](CO)[C@@H](C(=O)N[C@H](C)c3ccccc3)N(C(=O)c3cnccn3)[C@@H]21. The molecule has 0 unspecified atom stereocenters. The van der Waals surface area contributed by atoms with Gasteiger partial charge in [0.05, 0.1) is 18.3 Å². The van der Waals surface area contributed by atoms with E-state index in [1.165, 1.54) is 23.5 Å². The average Bonchev–Trinajstić information content (AvgIpc) is 3.46. The van der Waals surface area contributed by atoms with E-state index < -0.39 is 23.9 Å². The third kappa shape index (κ3) is 4.25. The standard InChI is InChI=1S/C28H29N5O4/c1-3-7-19-10-11-23-24-20(15-32(23)27(19)36)21(16-34)25(33(24)28(37)22-14-29-12-13-30-22)26(35)31-17(2)18-8-5-4-6-9-18/h3-14,17,20-21,24-25,34H,15-16H2,1-2H3,(H,31,35)/b7-3-/t17-,20+,21+,24-,25+/m1/s1. The van der Waals surface area contributed by atoms with Crippen molar-refractivity contribution in [1.29, 1.82) is 0 Å². The Morgan fingerprint density at radius 1 is 1.19 bits per heavy atom. The largest absolute Gasteiger partial charge is 0.396 e. The van der Waals surface area contributed by atoms with E-state index in [2.05, 4.69) is 15.3 Å². The molecular weight excluding hydrogens is 470 g/mol. The predicted molar refractivity (Wildman–Crippen MR) is 137 cm³/mol. The van der Waals surface area contributed by atoms with Crippen LogP contribution in [0.2, 0.25) is 0 Å². The molecule has 0 aliphatic carbocycles. The number of allylic oxidation sites excluding steroid dienone is 1. The number of aromatic nitrogens is 3. The number of amides is 2. The molecule has 37 heavy (non-hydrogen) atoms. The molecule has 1 fully saturated rings. The summed E-state index contributed by atoms with van der Waals surface area (Å²) in [5, 5.41) is 13.5. The first kappa shape index (κ1) is 24.6. The van der Waals surface area contributed by atoms with Crippen molar-refractivity contribution in [3.63, 3.8) is 0 Å². The van der Waals surface area contributed by atoms with E-state index >= 15 is 0 Å². The number of aliphatic hydroxyl groups excluding tert-OH is 1. The van der Waals surface area contributed by atoms with Gasteiger partial charge in [-0.1, -0.05) is 42.5 Å². The van der Waals surface area contributed by atoms with E-state index in [1.807, 2.05) is 50.2 Å². The molecule has 1 saturated heterocycles. The number of hydrogen-bond acceptors (Lipinski definition) is 6. The van der Waals surface area contributed by atoms with E-state index in [0.29, 0.717) is 17.8 Å². The van der Waals surface area contributed by atoms with Crippen LogP contribution in [0, 0.1) is 11.8 Å². The van der Waals surface area contributed by atoms with Gasteiger partial charge in [0.25, 0.3) is 11.5 Å². The normalized spacial score (nSPS) is 23.1. The molecule has 9 heteroatoms. The Balaban J connectivity index is 1.57. The van der Waals surface area contributed by atoms with Gasteiger partial charge in [-0.25, -0.2) is 4.98 Å². The summed E-state index contributed by atoms with van der Waals surface area (Å²) < 4.78 is 1.66. The lowest BCUT2D eigenvalue weighted by Crippen LogP contribution is -2.51. The van der Waals surface area contributed by atoms with Gasteiger partial charge in [-0.05, 0) is 31.5 Å². The minimum absolute atomic E-state index is 0.0973. The minimum atomic E-state index is -0.945. The lowest BCUT2D eigenvalue weighted by atomic mass is 9.88. The molecule has 0 bridgehead atoms. The quantitative estimate of drug-likeness (QED) is 0.538. The molecule has 190 valence electrons. The number of likely N-dealkylation sites (tertiary alicyclic amines) is 1. The topological polar surface area (TPSA) is 117 Å². The molecule has 5 rings (SSSR count). The first-order valence-corrected chi connectivity index (χ1v) is 12.4. The molecule has 0 radical (unpaired) electrons. The number of carbonyl (C=O) groups excluding carboxylic acids is 2. The molecule has 4 heterocycles. The van der Waals surface area contributed by atoms with Crippen LogP contribution in [0.15, 0.2) is 71.9 Å². The predicted octanol–water partition coefficient (Wildman–Crippen LogP) is 2.35. The number of hydrogen-bond donors (Lipinski definition) is 2. The van der Waals surface area contributed by atoms with Crippen molar-refractivity contribution in [3.8, 4) is 0 Å². The summed E-state index contributed by atoms with van der Waals surface area (Å²) in [7, 11) is 0. The Bertz CT molecular complexity index is 1390. The summed E-state index contributed by atoms with van der Waals surface area (Å²) in [4.78, 5) is 50.5. The molecule has 0 saturated carbocycles. The summed E-state index contributed by atoms with van der Waals surface area (Å²) >= 11 is 0. The minimum Gasteiger partial charge on any atom is -0.396 e. The van der Waals surface area contributed by atoms with Gasteiger partial charge < -0.3 is 19.9 Å². The molecule has 0 spiro atoms. The molecule has 2 aliphatic rings. The van der Waals surface area contributed by atoms with Crippen molar-refractivity contribution < 1.29 is 14.7 Å². The molecule has 2 aliphatic heterocycles. The van der Waals surface area contributed by atoms with Crippen molar-refractivity contribution in [1.82, 2.24) is 24.8 Å². The maximum Gasteiger partial charge on any atom is 0.275 e. The van der Waals surface area contributed by atoms with Crippen molar-refractivity contribution in [2.24, 2.45) is 11.8 Å². The highest BCUT2D eigenvalue weighted by atomic mass is 16.3. The second-order valence-electron chi connectivity index (χ2n) is 9.47. The van der Waals surface area contributed by atoms with Gasteiger partial charge in [0, 0.05) is 48.6 Å². The fourth-order valence-corrected chi connectivity index (χ4v) is 5.70. The summed E-state index contributed by atoms with van der Waals surface area (Å²) in [5.74, 6) is -1.72. The van der Waals surface area contributed by atoms with E-state index in [9.17, 15) is 19.5 Å². The highest BCUT2D eigenvalue weighted by Gasteiger charge is 2.57. The zero-order valence-electron chi connectivity index (χ0n) is 20.7. The number of nitrogens with zero attached hydrogens (tertiary/aromatic N) is 4. The molecular formula is C28H29N5O4. The van der Waals surface area contributed by atoms with Crippen LogP contribution in [0.3, 0.4) is 0 Å². The van der Waals surface area contributed by atoms with Gasteiger partial charge in [0.2, 0.25) is 5.91 Å². The van der Waals surface area contributed by atoms with Crippen LogP contribution >= 0.6 is 0 Å². The Labute approximate surface area is 214 Å². The number of fused-ring (bicyclic) bond motifs is 3. The van der Waals surface area contributed by atoms with Crippen molar-refractivity contribution >= 4 is 17.9 Å². The molecule has 2 amide bonds. The molecule has 2 N–H and O–H groups in total. The van der Waals surface area contributed by atoms with Gasteiger partial charge >= 0.3 is 0 Å². The summed E-state index contributed by atoms with van der Waals surface area (Å²) in [6, 6.07) is 11.3. The lowest BCUT2D eigenvalue weighted by molar-refractivity contribution is -0.127. The van der Waals surface area contributed by atoms with Gasteiger partial charge in [-0.15, -0.1) is 0 Å². The third-order valence-electron chi connectivity index (χ3n) is 7.40. The van der Waals surface area contributed by atoms with Crippen LogP contribution in [0.5, 0.6) is 0 Å². The van der Waals surface area contributed by atoms with Gasteiger partial charge in [-0.2, -0.15) is 0 Å². The lowest BCUT2D eigenvalue weighted by Gasteiger charge is -2.31. The first-order chi connectivity index (χ1) is 18.0. The summed E-state index contributed by atoms with van der Waals surface area (Å²) in [5.41, 5.74) is 2.05. The highest BCUT2D eigenvalue weighted by Crippen LogP contribution is 2.49. The average molecular weight is 500 g/mol. The fraction of sp³-hybridized carbons (Fsp3) is 0.321. The summed E-state index contributed by atoms with van der Waals surface area (Å²) in [6.07, 6.45) is 7.81. The number of benzene rings is 1. The highest BCUT2D eigenvalue weighted by molar-refractivity contribution is 5.97. The van der Waals surface area contributed by atoms with Crippen LogP contribution < -0.4 is 10.9 Å². The number of carbonyl (C=O) groups is 2. The van der Waals surface area contributed by atoms with Gasteiger partial charge in [0.15, 0.2) is 0 Å². The fourth-order valence-electron chi connectivity index (χ4n) is 5.70. The van der Waals surface area contributed by atoms with Crippen LogP contribution in [-0.2, 0) is 11.3 Å². The van der Waals surface area contributed by atoms with E-state index in [0.717, 1.165) is 5.56 Å². The Hall–Kier alpha value is -4.11. The number of aliphatic hydroxyl groups is 1. The van der Waals surface area contributed by atoms with Gasteiger partial charge in [-0.3, -0.25) is 19.4 Å². The van der Waals surface area contributed by atoms with Crippen molar-refractivity contribution in [2.45, 2.75) is 38.5 Å². The Kier molecular flexibility index (Phi) is 6.71. The molecule has 1 aromatic carbocycles. The maximum absolute atomic E-state index is 13.8. The Morgan fingerprint density at radius 2 is 1.97 bits per heavy atom. The number of nitrogens with one attached hydrogen (secondary N) is 1. The monoisotopic (exact) mass is 499 g/mol. The smallest absolute Gasteiger partial charge is 0.275 e. The second kappa shape index (κ2) is 10.1. The third-order valence-corrected chi connectivity index (χ3v) is 7.40. The van der Waals surface area contributed by atoms with E-state index in [1.54, 1.807) is 22.8 Å². The number of rotatable bonds is 6. The van der Waals surface area contributed by atoms with Crippen molar-refractivity contribution in [3.05, 3.63) is 100.0 Å².